The molecule has 2 aromatic carbocycles. The number of nitro groups is 1. The molecule has 0 aliphatic rings. The molecule has 0 saturated heterocycles. The summed E-state index contributed by atoms with van der Waals surface area (Å²) in [4.78, 5) is 22.0. The zero-order chi connectivity index (χ0) is 15.4. The van der Waals surface area contributed by atoms with Gasteiger partial charge in [-0.25, -0.2) is 0 Å². The molecule has 2 aromatic rings. The van der Waals surface area contributed by atoms with Crippen LogP contribution in [-0.4, -0.2) is 20.9 Å². The Morgan fingerprint density at radius 1 is 1.14 bits per heavy atom. The Morgan fingerprint density at radius 2 is 1.90 bits per heavy atom. The number of carbonyl (C=O) groups is 1. The molecular weight excluding hydrogens is 274 g/mol. The number of ketones is 1. The number of allylic oxidation sites excluding steroid dienone is 1. The van der Waals surface area contributed by atoms with Gasteiger partial charge in [-0.2, -0.15) is 0 Å². The van der Waals surface area contributed by atoms with Gasteiger partial charge in [0.15, 0.2) is 5.78 Å². The lowest BCUT2D eigenvalue weighted by Crippen LogP contribution is -1.94. The number of rotatable bonds is 4. The molecule has 6 nitrogen and oxygen atoms in total. The van der Waals surface area contributed by atoms with E-state index in [4.69, 9.17) is 5.11 Å². The van der Waals surface area contributed by atoms with Crippen molar-refractivity contribution in [2.75, 3.05) is 0 Å². The van der Waals surface area contributed by atoms with Gasteiger partial charge in [0.2, 0.25) is 0 Å². The molecule has 0 amide bonds. The monoisotopic (exact) mass is 285 g/mol. The fraction of sp³-hybridized carbons (Fsp3) is 0. The van der Waals surface area contributed by atoms with E-state index in [1.165, 1.54) is 42.5 Å². The first-order chi connectivity index (χ1) is 9.97. The van der Waals surface area contributed by atoms with E-state index in [1.54, 1.807) is 6.07 Å². The maximum absolute atomic E-state index is 11.9. The maximum Gasteiger partial charge on any atom is 0.270 e. The normalized spacial score (nSPS) is 10.7. The van der Waals surface area contributed by atoms with E-state index in [9.17, 15) is 20.0 Å². The number of nitro benzene ring substituents is 1. The number of nitrogens with zero attached hydrogens (tertiary/aromatic N) is 1. The van der Waals surface area contributed by atoms with E-state index in [0.29, 0.717) is 5.56 Å². The third kappa shape index (κ3) is 3.44. The van der Waals surface area contributed by atoms with E-state index < -0.39 is 10.7 Å². The van der Waals surface area contributed by atoms with E-state index in [0.717, 1.165) is 6.07 Å². The van der Waals surface area contributed by atoms with Gasteiger partial charge >= 0.3 is 0 Å². The van der Waals surface area contributed by atoms with E-state index in [-0.39, 0.29) is 22.7 Å². The van der Waals surface area contributed by atoms with Crippen LogP contribution in [0.3, 0.4) is 0 Å². The Balaban J connectivity index is 2.22. The fourth-order valence-electron chi connectivity index (χ4n) is 1.73. The van der Waals surface area contributed by atoms with Crippen LogP contribution < -0.4 is 0 Å². The average Bonchev–Trinajstić information content (AvgIpc) is 2.45. The van der Waals surface area contributed by atoms with Gasteiger partial charge in [0.25, 0.3) is 5.69 Å². The number of aromatic hydroxyl groups is 2. The first-order valence-corrected chi connectivity index (χ1v) is 5.96. The van der Waals surface area contributed by atoms with Crippen LogP contribution in [0.4, 0.5) is 5.69 Å². The molecule has 21 heavy (non-hydrogen) atoms. The molecule has 0 atom stereocenters. The Hall–Kier alpha value is -3.15. The lowest BCUT2D eigenvalue weighted by molar-refractivity contribution is -0.384. The number of hydrogen-bond acceptors (Lipinski definition) is 5. The summed E-state index contributed by atoms with van der Waals surface area (Å²) in [6, 6.07) is 9.46. The van der Waals surface area contributed by atoms with Crippen LogP contribution in [0.2, 0.25) is 0 Å². The molecule has 2 rings (SSSR count). The molecule has 0 radical (unpaired) electrons. The van der Waals surface area contributed by atoms with Gasteiger partial charge in [-0.05, 0) is 23.8 Å². The molecule has 0 spiro atoms. The van der Waals surface area contributed by atoms with Crippen molar-refractivity contribution in [3.63, 3.8) is 0 Å². The molecular formula is C15H11NO5. The van der Waals surface area contributed by atoms with E-state index >= 15 is 0 Å². The van der Waals surface area contributed by atoms with Crippen LogP contribution in [0.15, 0.2) is 48.5 Å². The summed E-state index contributed by atoms with van der Waals surface area (Å²) in [6.07, 6.45) is 2.62. The third-order valence-electron chi connectivity index (χ3n) is 2.75. The van der Waals surface area contributed by atoms with Gasteiger partial charge in [-0.1, -0.05) is 18.2 Å². The Labute approximate surface area is 119 Å². The standard InChI is InChI=1S/C15H11NO5/c17-12-5-6-13(15(19)9-12)14(18)7-4-10-2-1-3-11(8-10)16(20)21/h1-9,17,19H/b7-4+. The minimum absolute atomic E-state index is 0.0366. The minimum atomic E-state index is -0.523. The molecule has 0 aromatic heterocycles. The number of benzene rings is 2. The molecule has 0 aliphatic heterocycles. The number of phenolic OH excluding ortho intramolecular Hbond substituents is 2. The molecule has 106 valence electrons. The largest absolute Gasteiger partial charge is 0.508 e. The number of hydrogen-bond donors (Lipinski definition) is 2. The second-order valence-electron chi connectivity index (χ2n) is 4.25. The van der Waals surface area contributed by atoms with Crippen molar-refractivity contribution in [2.24, 2.45) is 0 Å². The van der Waals surface area contributed by atoms with Crippen molar-refractivity contribution in [1.82, 2.24) is 0 Å². The molecule has 0 heterocycles. The number of non-ortho nitro benzene ring substituents is 1. The summed E-state index contributed by atoms with van der Waals surface area (Å²) in [5.41, 5.74) is 0.461. The predicted octanol–water partition coefficient (Wildman–Crippen LogP) is 2.90. The van der Waals surface area contributed by atoms with Gasteiger partial charge < -0.3 is 10.2 Å². The smallest absolute Gasteiger partial charge is 0.270 e. The van der Waals surface area contributed by atoms with Gasteiger partial charge in [0.05, 0.1) is 10.5 Å². The second-order valence-corrected chi connectivity index (χ2v) is 4.25. The number of phenols is 2. The number of carbonyl (C=O) groups excluding carboxylic acids is 1. The van der Waals surface area contributed by atoms with Crippen molar-refractivity contribution >= 4 is 17.5 Å². The molecule has 6 heteroatoms. The van der Waals surface area contributed by atoms with Crippen LogP contribution in [0.1, 0.15) is 15.9 Å². The van der Waals surface area contributed by atoms with E-state index in [2.05, 4.69) is 0 Å². The molecule has 0 fully saturated rings. The highest BCUT2D eigenvalue weighted by molar-refractivity contribution is 6.08. The van der Waals surface area contributed by atoms with Crippen molar-refractivity contribution in [2.45, 2.75) is 0 Å². The molecule has 0 saturated carbocycles. The van der Waals surface area contributed by atoms with Crippen LogP contribution in [0.25, 0.3) is 6.08 Å². The highest BCUT2D eigenvalue weighted by atomic mass is 16.6. The first kappa shape index (κ1) is 14.3. The van der Waals surface area contributed by atoms with Gasteiger partial charge in [0.1, 0.15) is 11.5 Å². The molecule has 0 unspecified atom stereocenters. The lowest BCUT2D eigenvalue weighted by Gasteiger charge is -2.01. The SMILES string of the molecule is O=C(/C=C/c1cccc([N+](=O)[O-])c1)c1ccc(O)cc1O. The Morgan fingerprint density at radius 3 is 2.57 bits per heavy atom. The summed E-state index contributed by atoms with van der Waals surface area (Å²) < 4.78 is 0. The lowest BCUT2D eigenvalue weighted by atomic mass is 10.1. The van der Waals surface area contributed by atoms with Crippen molar-refractivity contribution < 1.29 is 19.9 Å². The molecule has 2 N–H and O–H groups in total. The molecule has 0 aliphatic carbocycles. The highest BCUT2D eigenvalue weighted by Gasteiger charge is 2.09. The van der Waals surface area contributed by atoms with Crippen LogP contribution in [0.5, 0.6) is 11.5 Å². The zero-order valence-electron chi connectivity index (χ0n) is 10.8. The summed E-state index contributed by atoms with van der Waals surface area (Å²) in [5, 5.41) is 29.4. The Bertz CT molecular complexity index is 737. The fourth-order valence-corrected chi connectivity index (χ4v) is 1.73. The van der Waals surface area contributed by atoms with Crippen molar-refractivity contribution in [3.8, 4) is 11.5 Å². The summed E-state index contributed by atoms with van der Waals surface area (Å²) >= 11 is 0. The quantitative estimate of drug-likeness (QED) is 0.389. The maximum atomic E-state index is 11.9. The predicted molar refractivity (Wildman–Crippen MR) is 76.2 cm³/mol. The summed E-state index contributed by atoms with van der Waals surface area (Å²) in [6.45, 7) is 0. The summed E-state index contributed by atoms with van der Waals surface area (Å²) in [5.74, 6) is -0.950. The van der Waals surface area contributed by atoms with Gasteiger partial charge in [-0.3, -0.25) is 14.9 Å². The first-order valence-electron chi connectivity index (χ1n) is 5.96. The zero-order valence-corrected chi connectivity index (χ0v) is 10.8. The average molecular weight is 285 g/mol. The Kier molecular flexibility index (Phi) is 3.99. The topological polar surface area (TPSA) is 101 Å². The van der Waals surface area contributed by atoms with Crippen molar-refractivity contribution in [1.29, 1.82) is 0 Å². The van der Waals surface area contributed by atoms with Crippen LogP contribution in [-0.2, 0) is 0 Å². The van der Waals surface area contributed by atoms with Gasteiger partial charge in [-0.15, -0.1) is 0 Å². The van der Waals surface area contributed by atoms with E-state index in [1.807, 2.05) is 0 Å². The van der Waals surface area contributed by atoms with Gasteiger partial charge in [0, 0.05) is 18.2 Å². The minimum Gasteiger partial charge on any atom is -0.508 e. The van der Waals surface area contributed by atoms with Crippen LogP contribution >= 0.6 is 0 Å². The second kappa shape index (κ2) is 5.87. The van der Waals surface area contributed by atoms with Crippen molar-refractivity contribution in [3.05, 3.63) is 69.8 Å². The van der Waals surface area contributed by atoms with Crippen LogP contribution in [0, 0.1) is 10.1 Å². The summed E-state index contributed by atoms with van der Waals surface area (Å²) in [7, 11) is 0. The highest BCUT2D eigenvalue weighted by Crippen LogP contribution is 2.23. The molecule has 0 bridgehead atoms. The third-order valence-corrected chi connectivity index (χ3v) is 2.75.